The Kier molecular flexibility index (Phi) is 3.85. The molecule has 6 heteroatoms. The normalized spacial score (nSPS) is 11.1. The molecule has 0 bridgehead atoms. The van der Waals surface area contributed by atoms with Gasteiger partial charge in [0.05, 0.1) is 6.61 Å². The van der Waals surface area contributed by atoms with Crippen molar-refractivity contribution in [3.63, 3.8) is 0 Å². The highest BCUT2D eigenvalue weighted by Crippen LogP contribution is 1.99. The van der Waals surface area contributed by atoms with Gasteiger partial charge in [0.25, 0.3) is 0 Å². The summed E-state index contributed by atoms with van der Waals surface area (Å²) in [5, 5.41) is 7.84. The predicted octanol–water partition coefficient (Wildman–Crippen LogP) is 0.401. The zero-order valence-electron chi connectivity index (χ0n) is 6.27. The molecule has 5 nitrogen and oxygen atoms in total. The maximum absolute atomic E-state index is 10.5. The average molecular weight is 179 g/mol. The second kappa shape index (κ2) is 4.16. The lowest BCUT2D eigenvalue weighted by molar-refractivity contribution is 0.234. The van der Waals surface area contributed by atoms with Gasteiger partial charge in [0.2, 0.25) is 0 Å². The summed E-state index contributed by atoms with van der Waals surface area (Å²) in [4.78, 5) is 0. The van der Waals surface area contributed by atoms with Gasteiger partial charge in [0.15, 0.2) is 0 Å². The SMILES string of the molecule is CC(C)COS(=O)(=O)OC#N. The third kappa shape index (κ3) is 5.63. The second-order valence-electron chi connectivity index (χ2n) is 2.26. The van der Waals surface area contributed by atoms with Crippen LogP contribution in [0.15, 0.2) is 0 Å². The number of rotatable bonds is 4. The molecule has 11 heavy (non-hydrogen) atoms. The molecule has 0 atom stereocenters. The van der Waals surface area contributed by atoms with E-state index in [-0.39, 0.29) is 12.5 Å². The molecule has 0 radical (unpaired) electrons. The van der Waals surface area contributed by atoms with Gasteiger partial charge in [-0.2, -0.15) is 8.42 Å². The first-order valence-corrected chi connectivity index (χ1v) is 4.28. The number of hydrogen-bond acceptors (Lipinski definition) is 5. The van der Waals surface area contributed by atoms with Gasteiger partial charge < -0.3 is 0 Å². The van der Waals surface area contributed by atoms with E-state index in [2.05, 4.69) is 8.37 Å². The summed E-state index contributed by atoms with van der Waals surface area (Å²) in [7, 11) is -4.09. The van der Waals surface area contributed by atoms with E-state index in [1.54, 1.807) is 13.8 Å². The predicted molar refractivity (Wildman–Crippen MR) is 36.4 cm³/mol. The van der Waals surface area contributed by atoms with E-state index >= 15 is 0 Å². The topological polar surface area (TPSA) is 76.4 Å². The van der Waals surface area contributed by atoms with Crippen LogP contribution >= 0.6 is 0 Å². The first-order chi connectivity index (χ1) is 4.98. The summed E-state index contributed by atoms with van der Waals surface area (Å²) < 4.78 is 28.8. The molecule has 0 aromatic heterocycles. The fourth-order valence-electron chi connectivity index (χ4n) is 0.289. The van der Waals surface area contributed by atoms with Crippen LogP contribution in [0.2, 0.25) is 0 Å². The Hall–Kier alpha value is -0.800. The largest absolute Gasteiger partial charge is 0.459 e. The molecule has 0 heterocycles. The standard InChI is InChI=1S/C5H9NO4S/c1-5(2)3-9-11(7,8)10-4-6/h5H,3H2,1-2H3. The molecule has 0 aromatic carbocycles. The third-order valence-electron chi connectivity index (χ3n) is 0.685. The molecule has 0 rings (SSSR count). The Morgan fingerprint density at radius 3 is 2.45 bits per heavy atom. The van der Waals surface area contributed by atoms with Crippen LogP contribution < -0.4 is 0 Å². The van der Waals surface area contributed by atoms with Crippen molar-refractivity contribution in [1.29, 1.82) is 5.26 Å². The van der Waals surface area contributed by atoms with Crippen LogP contribution in [0.1, 0.15) is 13.8 Å². The van der Waals surface area contributed by atoms with E-state index in [9.17, 15) is 8.42 Å². The van der Waals surface area contributed by atoms with Crippen molar-refractivity contribution in [2.24, 2.45) is 5.92 Å². The molecule has 0 fully saturated rings. The van der Waals surface area contributed by atoms with Gasteiger partial charge in [-0.1, -0.05) is 13.8 Å². The molecular weight excluding hydrogens is 170 g/mol. The van der Waals surface area contributed by atoms with Crippen LogP contribution in [0.4, 0.5) is 0 Å². The van der Waals surface area contributed by atoms with Gasteiger partial charge in [0, 0.05) is 0 Å². The third-order valence-corrected chi connectivity index (χ3v) is 1.39. The van der Waals surface area contributed by atoms with Gasteiger partial charge in [-0.05, 0) is 5.92 Å². The molecular formula is C5H9NO4S. The number of nitrogens with zero attached hydrogens (tertiary/aromatic N) is 1. The van der Waals surface area contributed by atoms with Crippen molar-refractivity contribution >= 4 is 10.4 Å². The maximum atomic E-state index is 10.5. The van der Waals surface area contributed by atoms with E-state index in [4.69, 9.17) is 5.26 Å². The minimum atomic E-state index is -4.09. The zero-order valence-corrected chi connectivity index (χ0v) is 7.09. The summed E-state index contributed by atoms with van der Waals surface area (Å²) in [5.41, 5.74) is 0. The second-order valence-corrected chi connectivity index (χ2v) is 3.48. The van der Waals surface area contributed by atoms with Crippen LogP contribution in [0.25, 0.3) is 0 Å². The molecule has 64 valence electrons. The molecule has 0 aliphatic carbocycles. The van der Waals surface area contributed by atoms with E-state index < -0.39 is 10.4 Å². The minimum Gasteiger partial charge on any atom is -0.281 e. The van der Waals surface area contributed by atoms with Crippen molar-refractivity contribution in [2.45, 2.75) is 13.8 Å². The van der Waals surface area contributed by atoms with E-state index in [1.165, 1.54) is 0 Å². The fourth-order valence-corrected chi connectivity index (χ4v) is 0.867. The fraction of sp³-hybridized carbons (Fsp3) is 0.800. The van der Waals surface area contributed by atoms with E-state index in [1.807, 2.05) is 0 Å². The van der Waals surface area contributed by atoms with Crippen molar-refractivity contribution in [2.75, 3.05) is 6.61 Å². The van der Waals surface area contributed by atoms with Crippen molar-refractivity contribution in [3.05, 3.63) is 0 Å². The highest BCUT2D eigenvalue weighted by atomic mass is 32.3. The van der Waals surface area contributed by atoms with Crippen LogP contribution in [-0.2, 0) is 18.8 Å². The first kappa shape index (κ1) is 10.2. The number of nitriles is 1. The average Bonchev–Trinajstić information content (AvgIpc) is 1.84. The minimum absolute atomic E-state index is 0.0179. The Morgan fingerprint density at radius 1 is 1.55 bits per heavy atom. The Morgan fingerprint density at radius 2 is 2.09 bits per heavy atom. The summed E-state index contributed by atoms with van der Waals surface area (Å²) >= 11 is 0. The lowest BCUT2D eigenvalue weighted by Gasteiger charge is -2.02. The van der Waals surface area contributed by atoms with Crippen LogP contribution in [0.3, 0.4) is 0 Å². The van der Waals surface area contributed by atoms with Gasteiger partial charge in [-0.3, -0.25) is 4.18 Å². The first-order valence-electron chi connectivity index (χ1n) is 2.95. The molecule has 0 aliphatic heterocycles. The smallest absolute Gasteiger partial charge is 0.281 e. The molecule has 0 N–H and O–H groups in total. The molecule has 0 unspecified atom stereocenters. The summed E-state index contributed by atoms with van der Waals surface area (Å²) in [5.74, 6) is 0.0760. The monoisotopic (exact) mass is 179 g/mol. The molecule has 0 spiro atoms. The molecule has 0 amide bonds. The number of hydrogen-bond donors (Lipinski definition) is 0. The van der Waals surface area contributed by atoms with E-state index in [0.717, 1.165) is 6.26 Å². The summed E-state index contributed by atoms with van der Waals surface area (Å²) in [6.45, 7) is 3.58. The Bertz CT molecular complexity index is 238. The van der Waals surface area contributed by atoms with E-state index in [0.29, 0.717) is 0 Å². The molecule has 0 aromatic rings. The Balaban J connectivity index is 3.87. The lowest BCUT2D eigenvalue weighted by Crippen LogP contribution is -2.11. The summed E-state index contributed by atoms with van der Waals surface area (Å²) in [6.07, 6.45) is 1.02. The van der Waals surface area contributed by atoms with Crippen molar-refractivity contribution in [3.8, 4) is 6.26 Å². The molecule has 0 saturated heterocycles. The van der Waals surface area contributed by atoms with Crippen LogP contribution in [-0.4, -0.2) is 15.0 Å². The zero-order chi connectivity index (χ0) is 8.91. The van der Waals surface area contributed by atoms with Crippen LogP contribution in [0, 0.1) is 17.4 Å². The molecule has 0 saturated carbocycles. The van der Waals surface area contributed by atoms with Crippen LogP contribution in [0.5, 0.6) is 0 Å². The van der Waals surface area contributed by atoms with Gasteiger partial charge >= 0.3 is 16.7 Å². The molecule has 0 aliphatic rings. The van der Waals surface area contributed by atoms with Gasteiger partial charge in [0.1, 0.15) is 0 Å². The van der Waals surface area contributed by atoms with Crippen molar-refractivity contribution < 1.29 is 16.8 Å². The van der Waals surface area contributed by atoms with Gasteiger partial charge in [-0.15, -0.1) is 5.26 Å². The van der Waals surface area contributed by atoms with Gasteiger partial charge in [-0.25, -0.2) is 4.18 Å². The highest BCUT2D eigenvalue weighted by Gasteiger charge is 2.12. The van der Waals surface area contributed by atoms with Crippen molar-refractivity contribution in [1.82, 2.24) is 0 Å². The summed E-state index contributed by atoms with van der Waals surface area (Å²) in [6, 6.07) is 0. The highest BCUT2D eigenvalue weighted by molar-refractivity contribution is 7.82. The maximum Gasteiger partial charge on any atom is 0.459 e. The quantitative estimate of drug-likeness (QED) is 0.584. The lowest BCUT2D eigenvalue weighted by atomic mass is 10.2. The Labute approximate surface area is 65.9 Å².